The van der Waals surface area contributed by atoms with E-state index in [1.807, 2.05) is 25.2 Å². The largest absolute Gasteiger partial charge is 0.375 e. The third-order valence-corrected chi connectivity index (χ3v) is 3.97. The number of anilines is 1. The molecule has 5 nitrogen and oxygen atoms in total. The SMILES string of the molecule is Cc1nn(C)c(C(=O)NCCCN(C)c2ccccc2)c1Cl. The maximum atomic E-state index is 12.1. The number of aromatic nitrogens is 2. The molecule has 118 valence electrons. The predicted molar refractivity (Wildman–Crippen MR) is 89.6 cm³/mol. The van der Waals surface area contributed by atoms with Gasteiger partial charge in [0, 0.05) is 32.9 Å². The molecule has 1 aromatic carbocycles. The molecule has 1 amide bonds. The Balaban J connectivity index is 1.80. The Morgan fingerprint density at radius 2 is 2.05 bits per heavy atom. The zero-order valence-electron chi connectivity index (χ0n) is 13.1. The smallest absolute Gasteiger partial charge is 0.271 e. The molecule has 0 saturated heterocycles. The quantitative estimate of drug-likeness (QED) is 0.832. The molecule has 6 heteroatoms. The summed E-state index contributed by atoms with van der Waals surface area (Å²) in [5.41, 5.74) is 2.24. The lowest BCUT2D eigenvalue weighted by Gasteiger charge is -2.19. The van der Waals surface area contributed by atoms with Crippen LogP contribution in [0.5, 0.6) is 0 Å². The first-order valence-corrected chi connectivity index (χ1v) is 7.62. The highest BCUT2D eigenvalue weighted by molar-refractivity contribution is 6.34. The second kappa shape index (κ2) is 7.31. The van der Waals surface area contributed by atoms with E-state index < -0.39 is 0 Å². The third-order valence-electron chi connectivity index (χ3n) is 3.52. The Labute approximate surface area is 135 Å². The molecule has 1 N–H and O–H groups in total. The average Bonchev–Trinajstić information content (AvgIpc) is 2.77. The third kappa shape index (κ3) is 3.80. The van der Waals surface area contributed by atoms with Gasteiger partial charge in [0.15, 0.2) is 0 Å². The van der Waals surface area contributed by atoms with Crippen molar-refractivity contribution in [2.75, 3.05) is 25.0 Å². The molecule has 0 aliphatic rings. The Hall–Kier alpha value is -2.01. The minimum atomic E-state index is -0.185. The van der Waals surface area contributed by atoms with Crippen molar-refractivity contribution in [1.29, 1.82) is 0 Å². The zero-order chi connectivity index (χ0) is 16.1. The average molecular weight is 321 g/mol. The summed E-state index contributed by atoms with van der Waals surface area (Å²) >= 11 is 6.10. The van der Waals surface area contributed by atoms with Gasteiger partial charge in [-0.2, -0.15) is 5.10 Å². The highest BCUT2D eigenvalue weighted by Gasteiger charge is 2.17. The van der Waals surface area contributed by atoms with Crippen molar-refractivity contribution in [3.05, 3.63) is 46.7 Å². The highest BCUT2D eigenvalue weighted by atomic mass is 35.5. The number of hydrogen-bond donors (Lipinski definition) is 1. The molecule has 0 spiro atoms. The number of para-hydroxylation sites is 1. The topological polar surface area (TPSA) is 50.2 Å². The summed E-state index contributed by atoms with van der Waals surface area (Å²) in [6.07, 6.45) is 0.853. The molecule has 2 rings (SSSR count). The van der Waals surface area contributed by atoms with Gasteiger partial charge in [0.2, 0.25) is 0 Å². The van der Waals surface area contributed by atoms with E-state index in [4.69, 9.17) is 11.6 Å². The molecule has 0 saturated carbocycles. The molecule has 2 aromatic rings. The van der Waals surface area contributed by atoms with Gasteiger partial charge in [-0.3, -0.25) is 9.48 Å². The Morgan fingerprint density at radius 3 is 2.64 bits per heavy atom. The van der Waals surface area contributed by atoms with Crippen LogP contribution in [0.2, 0.25) is 5.02 Å². The molecule has 1 aromatic heterocycles. The van der Waals surface area contributed by atoms with Crippen LogP contribution in [0, 0.1) is 6.92 Å². The van der Waals surface area contributed by atoms with Gasteiger partial charge in [-0.1, -0.05) is 29.8 Å². The monoisotopic (exact) mass is 320 g/mol. The number of hydrogen-bond acceptors (Lipinski definition) is 3. The molecular formula is C16H21ClN4O. The molecule has 1 heterocycles. The Morgan fingerprint density at radius 1 is 1.36 bits per heavy atom. The summed E-state index contributed by atoms with van der Waals surface area (Å²) in [5, 5.41) is 7.45. The number of aryl methyl sites for hydroxylation is 2. The molecular weight excluding hydrogens is 300 g/mol. The number of carbonyl (C=O) groups excluding carboxylic acids is 1. The zero-order valence-corrected chi connectivity index (χ0v) is 13.9. The van der Waals surface area contributed by atoms with E-state index in [1.54, 1.807) is 14.0 Å². The minimum Gasteiger partial charge on any atom is -0.375 e. The first-order valence-electron chi connectivity index (χ1n) is 7.24. The summed E-state index contributed by atoms with van der Waals surface area (Å²) in [5.74, 6) is -0.185. The summed E-state index contributed by atoms with van der Waals surface area (Å²) in [4.78, 5) is 14.3. The van der Waals surface area contributed by atoms with Crippen LogP contribution >= 0.6 is 11.6 Å². The van der Waals surface area contributed by atoms with Gasteiger partial charge < -0.3 is 10.2 Å². The van der Waals surface area contributed by atoms with Crippen molar-refractivity contribution >= 4 is 23.2 Å². The fourth-order valence-corrected chi connectivity index (χ4v) is 2.54. The lowest BCUT2D eigenvalue weighted by atomic mass is 10.3. The van der Waals surface area contributed by atoms with Crippen molar-refractivity contribution in [1.82, 2.24) is 15.1 Å². The van der Waals surface area contributed by atoms with Gasteiger partial charge in [0.1, 0.15) is 5.69 Å². The molecule has 0 aliphatic heterocycles. The van der Waals surface area contributed by atoms with E-state index in [2.05, 4.69) is 27.4 Å². The second-order valence-corrected chi connectivity index (χ2v) is 5.62. The van der Waals surface area contributed by atoms with Crippen LogP contribution in [0.1, 0.15) is 22.6 Å². The fraction of sp³-hybridized carbons (Fsp3) is 0.375. The van der Waals surface area contributed by atoms with Gasteiger partial charge in [0.25, 0.3) is 5.91 Å². The van der Waals surface area contributed by atoms with E-state index in [9.17, 15) is 4.79 Å². The van der Waals surface area contributed by atoms with Crippen molar-refractivity contribution < 1.29 is 4.79 Å². The normalized spacial score (nSPS) is 10.5. The second-order valence-electron chi connectivity index (χ2n) is 5.24. The number of carbonyl (C=O) groups is 1. The molecule has 0 fully saturated rings. The first kappa shape index (κ1) is 16.4. The van der Waals surface area contributed by atoms with Crippen molar-refractivity contribution in [2.24, 2.45) is 7.05 Å². The number of amides is 1. The van der Waals surface area contributed by atoms with Gasteiger partial charge in [-0.25, -0.2) is 0 Å². The number of nitrogens with zero attached hydrogens (tertiary/aromatic N) is 3. The Kier molecular flexibility index (Phi) is 5.44. The lowest BCUT2D eigenvalue weighted by molar-refractivity contribution is 0.0944. The molecule has 0 unspecified atom stereocenters. The summed E-state index contributed by atoms with van der Waals surface area (Å²) in [6.45, 7) is 3.24. The standard InChI is InChI=1S/C16H21ClN4O/c1-12-14(17)15(21(3)19-12)16(22)18-10-7-11-20(2)13-8-5-4-6-9-13/h4-6,8-9H,7,10-11H2,1-3H3,(H,18,22). The van der Waals surface area contributed by atoms with Crippen molar-refractivity contribution in [3.63, 3.8) is 0 Å². The van der Waals surface area contributed by atoms with Crippen LogP contribution in [0.3, 0.4) is 0 Å². The number of benzene rings is 1. The van der Waals surface area contributed by atoms with E-state index in [-0.39, 0.29) is 5.91 Å². The number of rotatable bonds is 6. The van der Waals surface area contributed by atoms with Crippen LogP contribution in [0.4, 0.5) is 5.69 Å². The van der Waals surface area contributed by atoms with Crippen LogP contribution < -0.4 is 10.2 Å². The minimum absolute atomic E-state index is 0.185. The molecule has 0 bridgehead atoms. The Bertz CT molecular complexity index is 639. The van der Waals surface area contributed by atoms with Gasteiger partial charge in [0.05, 0.1) is 10.7 Å². The van der Waals surface area contributed by atoms with Crippen molar-refractivity contribution in [3.8, 4) is 0 Å². The number of halogens is 1. The van der Waals surface area contributed by atoms with E-state index in [0.717, 1.165) is 13.0 Å². The van der Waals surface area contributed by atoms with Crippen LogP contribution in [0.25, 0.3) is 0 Å². The molecule has 22 heavy (non-hydrogen) atoms. The lowest BCUT2D eigenvalue weighted by Crippen LogP contribution is -2.29. The molecule has 0 aliphatic carbocycles. The molecule has 0 radical (unpaired) electrons. The van der Waals surface area contributed by atoms with Crippen LogP contribution in [0.15, 0.2) is 30.3 Å². The first-order chi connectivity index (χ1) is 10.5. The molecule has 0 atom stereocenters. The summed E-state index contributed by atoms with van der Waals surface area (Å²) < 4.78 is 1.52. The van der Waals surface area contributed by atoms with Gasteiger partial charge >= 0.3 is 0 Å². The maximum Gasteiger partial charge on any atom is 0.271 e. The van der Waals surface area contributed by atoms with Gasteiger partial charge in [-0.05, 0) is 25.5 Å². The van der Waals surface area contributed by atoms with E-state index in [1.165, 1.54) is 10.4 Å². The van der Waals surface area contributed by atoms with Gasteiger partial charge in [-0.15, -0.1) is 0 Å². The summed E-state index contributed by atoms with van der Waals surface area (Å²) in [6, 6.07) is 10.2. The van der Waals surface area contributed by atoms with Crippen molar-refractivity contribution in [2.45, 2.75) is 13.3 Å². The van der Waals surface area contributed by atoms with Crippen LogP contribution in [-0.2, 0) is 7.05 Å². The van der Waals surface area contributed by atoms with Crippen LogP contribution in [-0.4, -0.2) is 35.8 Å². The fourth-order valence-electron chi connectivity index (χ4n) is 2.29. The number of nitrogens with one attached hydrogen (secondary N) is 1. The maximum absolute atomic E-state index is 12.1. The van der Waals surface area contributed by atoms with E-state index >= 15 is 0 Å². The summed E-state index contributed by atoms with van der Waals surface area (Å²) in [7, 11) is 3.76. The van der Waals surface area contributed by atoms with E-state index in [0.29, 0.717) is 23.0 Å². The predicted octanol–water partition coefficient (Wildman–Crippen LogP) is 2.64. The highest BCUT2D eigenvalue weighted by Crippen LogP contribution is 2.19.